The number of anilines is 1. The molecule has 4 nitrogen and oxygen atoms in total. The van der Waals surface area contributed by atoms with Crippen molar-refractivity contribution >= 4 is 11.6 Å². The van der Waals surface area contributed by atoms with Crippen LogP contribution in [0.1, 0.15) is 12.5 Å². The lowest BCUT2D eigenvalue weighted by atomic mass is 9.90. The van der Waals surface area contributed by atoms with Gasteiger partial charge in [0.25, 0.3) is 0 Å². The van der Waals surface area contributed by atoms with Crippen molar-refractivity contribution in [2.75, 3.05) is 5.32 Å². The Morgan fingerprint density at radius 1 is 1.20 bits per heavy atom. The van der Waals surface area contributed by atoms with Crippen molar-refractivity contribution in [1.29, 1.82) is 0 Å². The summed E-state index contributed by atoms with van der Waals surface area (Å²) < 4.78 is 13.7. The number of nitrogens with one attached hydrogen (secondary N) is 1. The minimum absolute atomic E-state index is 0.0754. The SMILES string of the molecule is CC(Nc1ccccc1F)(C(N)=O)c1ccc(O)cc1. The summed E-state index contributed by atoms with van der Waals surface area (Å²) in [4.78, 5) is 11.8. The van der Waals surface area contributed by atoms with Gasteiger partial charge in [0, 0.05) is 0 Å². The number of hydrogen-bond donors (Lipinski definition) is 3. The summed E-state index contributed by atoms with van der Waals surface area (Å²) in [6, 6.07) is 12.0. The van der Waals surface area contributed by atoms with Gasteiger partial charge >= 0.3 is 0 Å². The predicted octanol–water partition coefficient (Wildman–Crippen LogP) is 2.34. The fraction of sp³-hybridized carbons (Fsp3) is 0.133. The van der Waals surface area contributed by atoms with Gasteiger partial charge in [0.05, 0.1) is 5.69 Å². The predicted molar refractivity (Wildman–Crippen MR) is 74.7 cm³/mol. The molecule has 1 unspecified atom stereocenters. The Hall–Kier alpha value is -2.56. The van der Waals surface area contributed by atoms with Crippen molar-refractivity contribution in [2.45, 2.75) is 12.5 Å². The summed E-state index contributed by atoms with van der Waals surface area (Å²) in [7, 11) is 0. The quantitative estimate of drug-likeness (QED) is 0.801. The number of benzene rings is 2. The molecule has 0 saturated carbocycles. The van der Waals surface area contributed by atoms with Gasteiger partial charge in [-0.3, -0.25) is 4.79 Å². The van der Waals surface area contributed by atoms with Crippen LogP contribution >= 0.6 is 0 Å². The van der Waals surface area contributed by atoms with E-state index in [0.717, 1.165) is 0 Å². The van der Waals surface area contributed by atoms with Crippen LogP contribution in [-0.2, 0) is 10.3 Å². The van der Waals surface area contributed by atoms with E-state index in [9.17, 15) is 14.3 Å². The molecule has 0 aromatic heterocycles. The third-order valence-corrected chi connectivity index (χ3v) is 3.20. The molecule has 5 heteroatoms. The first-order valence-corrected chi connectivity index (χ1v) is 6.05. The second kappa shape index (κ2) is 5.21. The van der Waals surface area contributed by atoms with Crippen LogP contribution in [0.15, 0.2) is 48.5 Å². The minimum Gasteiger partial charge on any atom is -0.508 e. The number of primary amides is 1. The smallest absolute Gasteiger partial charge is 0.247 e. The highest BCUT2D eigenvalue weighted by atomic mass is 19.1. The number of carbonyl (C=O) groups is 1. The fourth-order valence-corrected chi connectivity index (χ4v) is 1.90. The Morgan fingerprint density at radius 3 is 2.35 bits per heavy atom. The first-order valence-electron chi connectivity index (χ1n) is 6.05. The molecule has 0 bridgehead atoms. The van der Waals surface area contributed by atoms with Crippen LogP contribution in [-0.4, -0.2) is 11.0 Å². The lowest BCUT2D eigenvalue weighted by molar-refractivity contribution is -0.122. The third-order valence-electron chi connectivity index (χ3n) is 3.20. The summed E-state index contributed by atoms with van der Waals surface area (Å²) in [5.41, 5.74) is 4.89. The molecule has 2 aromatic rings. The van der Waals surface area contributed by atoms with Crippen molar-refractivity contribution in [3.63, 3.8) is 0 Å². The van der Waals surface area contributed by atoms with Crippen molar-refractivity contribution in [3.05, 3.63) is 59.9 Å². The molecule has 0 radical (unpaired) electrons. The molecule has 2 rings (SSSR count). The van der Waals surface area contributed by atoms with Crippen LogP contribution in [0.2, 0.25) is 0 Å². The van der Waals surface area contributed by atoms with E-state index in [1.54, 1.807) is 31.2 Å². The average molecular weight is 274 g/mol. The Labute approximate surface area is 116 Å². The fourth-order valence-electron chi connectivity index (χ4n) is 1.90. The molecule has 0 aliphatic rings. The molecule has 1 atom stereocenters. The van der Waals surface area contributed by atoms with E-state index in [0.29, 0.717) is 5.56 Å². The molecule has 104 valence electrons. The summed E-state index contributed by atoms with van der Waals surface area (Å²) in [6.07, 6.45) is 0. The second-order valence-corrected chi connectivity index (χ2v) is 4.64. The van der Waals surface area contributed by atoms with Crippen molar-refractivity contribution < 1.29 is 14.3 Å². The molecule has 20 heavy (non-hydrogen) atoms. The van der Waals surface area contributed by atoms with Crippen molar-refractivity contribution in [2.24, 2.45) is 5.73 Å². The van der Waals surface area contributed by atoms with Gasteiger partial charge in [-0.05, 0) is 36.8 Å². The number of aromatic hydroxyl groups is 1. The van der Waals surface area contributed by atoms with Crippen LogP contribution in [0.25, 0.3) is 0 Å². The number of phenolic OH excluding ortho intramolecular Hbond substituents is 1. The molecule has 0 aliphatic carbocycles. The Morgan fingerprint density at radius 2 is 1.80 bits per heavy atom. The number of amides is 1. The maximum absolute atomic E-state index is 13.7. The molecule has 1 amide bonds. The van der Waals surface area contributed by atoms with Gasteiger partial charge in [-0.1, -0.05) is 24.3 Å². The van der Waals surface area contributed by atoms with E-state index in [2.05, 4.69) is 5.32 Å². The van der Waals surface area contributed by atoms with Gasteiger partial charge in [-0.2, -0.15) is 0 Å². The average Bonchev–Trinajstić information content (AvgIpc) is 2.42. The lowest BCUT2D eigenvalue weighted by Gasteiger charge is -2.29. The van der Waals surface area contributed by atoms with Crippen LogP contribution in [0.5, 0.6) is 5.75 Å². The number of phenols is 1. The standard InChI is InChI=1S/C15H15FN2O2/c1-15(14(17)20,10-6-8-11(19)9-7-10)18-13-5-3-2-4-12(13)16/h2-9,18-19H,1H3,(H2,17,20). The molecule has 0 heterocycles. The Balaban J connectivity index is 2.43. The van der Waals surface area contributed by atoms with Crippen molar-refractivity contribution in [3.8, 4) is 5.75 Å². The molecule has 4 N–H and O–H groups in total. The zero-order valence-corrected chi connectivity index (χ0v) is 10.9. The maximum Gasteiger partial charge on any atom is 0.247 e. The van der Waals surface area contributed by atoms with Crippen LogP contribution in [0.3, 0.4) is 0 Å². The van der Waals surface area contributed by atoms with E-state index < -0.39 is 17.3 Å². The summed E-state index contributed by atoms with van der Waals surface area (Å²) in [5.74, 6) is -1.04. The van der Waals surface area contributed by atoms with E-state index in [4.69, 9.17) is 5.73 Å². The van der Waals surface area contributed by atoms with Gasteiger partial charge in [-0.15, -0.1) is 0 Å². The number of carbonyl (C=O) groups excluding carboxylic acids is 1. The number of halogens is 1. The van der Waals surface area contributed by atoms with Crippen molar-refractivity contribution in [1.82, 2.24) is 0 Å². The van der Waals surface area contributed by atoms with E-state index in [1.807, 2.05) is 0 Å². The molecule has 2 aromatic carbocycles. The van der Waals surface area contributed by atoms with Gasteiger partial charge in [-0.25, -0.2) is 4.39 Å². The lowest BCUT2D eigenvalue weighted by Crippen LogP contribution is -2.45. The minimum atomic E-state index is -1.28. The highest BCUT2D eigenvalue weighted by Gasteiger charge is 2.33. The number of rotatable bonds is 4. The molecular formula is C15H15FN2O2. The van der Waals surface area contributed by atoms with Gasteiger partial charge < -0.3 is 16.2 Å². The topological polar surface area (TPSA) is 75.3 Å². The zero-order chi connectivity index (χ0) is 14.8. The largest absolute Gasteiger partial charge is 0.508 e. The maximum atomic E-state index is 13.7. The van der Waals surface area contributed by atoms with E-state index >= 15 is 0 Å². The summed E-state index contributed by atoms with van der Waals surface area (Å²) in [6.45, 7) is 1.56. The zero-order valence-electron chi connectivity index (χ0n) is 10.9. The Kier molecular flexibility index (Phi) is 3.61. The number of nitrogens with two attached hydrogens (primary N) is 1. The molecule has 0 aliphatic heterocycles. The monoisotopic (exact) mass is 274 g/mol. The summed E-state index contributed by atoms with van der Waals surface area (Å²) in [5, 5.41) is 12.1. The molecule has 0 spiro atoms. The number of hydrogen-bond acceptors (Lipinski definition) is 3. The highest BCUT2D eigenvalue weighted by molar-refractivity contribution is 5.89. The first-order chi connectivity index (χ1) is 9.43. The van der Waals surface area contributed by atoms with Gasteiger partial charge in [0.1, 0.15) is 17.1 Å². The molecular weight excluding hydrogens is 259 g/mol. The molecule has 0 fully saturated rings. The first kappa shape index (κ1) is 13.9. The van der Waals surface area contributed by atoms with Gasteiger partial charge in [0.15, 0.2) is 0 Å². The van der Waals surface area contributed by atoms with E-state index in [1.165, 1.54) is 24.3 Å². The molecule has 0 saturated heterocycles. The van der Waals surface area contributed by atoms with Crippen LogP contribution < -0.4 is 11.1 Å². The third kappa shape index (κ3) is 2.56. The van der Waals surface area contributed by atoms with Gasteiger partial charge in [0.2, 0.25) is 5.91 Å². The van der Waals surface area contributed by atoms with Crippen LogP contribution in [0.4, 0.5) is 10.1 Å². The number of para-hydroxylation sites is 1. The second-order valence-electron chi connectivity index (χ2n) is 4.64. The normalized spacial score (nSPS) is 13.5. The summed E-state index contributed by atoms with van der Waals surface area (Å²) >= 11 is 0. The Bertz CT molecular complexity index is 628. The highest BCUT2D eigenvalue weighted by Crippen LogP contribution is 2.28. The van der Waals surface area contributed by atoms with Crippen LogP contribution in [0, 0.1) is 5.82 Å². The van der Waals surface area contributed by atoms with E-state index in [-0.39, 0.29) is 11.4 Å².